The molecule has 2 aromatic carbocycles. The lowest BCUT2D eigenvalue weighted by atomic mass is 10.2. The number of anilines is 1. The summed E-state index contributed by atoms with van der Waals surface area (Å²) in [5.74, 6) is -1.25. The number of aromatic carboxylic acids is 1. The van der Waals surface area contributed by atoms with Gasteiger partial charge in [-0.3, -0.25) is 19.8 Å². The summed E-state index contributed by atoms with van der Waals surface area (Å²) in [5, 5.41) is 9.14. The SMILES string of the molecule is CCOc1ccc(OCc2ccc(C(=O)NNC3CC(=O)N(c4cccc(C(=O)O)c4)C3=O)o2)cc1. The Labute approximate surface area is 205 Å². The van der Waals surface area contributed by atoms with Crippen molar-refractivity contribution in [2.45, 2.75) is 26.0 Å². The molecule has 1 fully saturated rings. The first-order chi connectivity index (χ1) is 17.4. The van der Waals surface area contributed by atoms with Crippen LogP contribution in [0.3, 0.4) is 0 Å². The molecule has 1 unspecified atom stereocenters. The van der Waals surface area contributed by atoms with Gasteiger partial charge in [0.15, 0.2) is 5.76 Å². The number of imide groups is 1. The normalized spacial score (nSPS) is 15.1. The Morgan fingerprint density at radius 1 is 1.06 bits per heavy atom. The lowest BCUT2D eigenvalue weighted by Crippen LogP contribution is -2.48. The number of rotatable bonds is 10. The average Bonchev–Trinajstić information content (AvgIpc) is 3.46. The number of carboxylic acid groups (broad SMARTS) is 1. The summed E-state index contributed by atoms with van der Waals surface area (Å²) in [5.41, 5.74) is 5.00. The van der Waals surface area contributed by atoms with Crippen molar-refractivity contribution in [2.24, 2.45) is 0 Å². The number of nitrogens with zero attached hydrogens (tertiary/aromatic N) is 1. The largest absolute Gasteiger partial charge is 0.494 e. The molecule has 36 heavy (non-hydrogen) atoms. The summed E-state index contributed by atoms with van der Waals surface area (Å²) in [4.78, 5) is 49.7. The number of carbonyl (C=O) groups is 4. The molecule has 2 heterocycles. The minimum Gasteiger partial charge on any atom is -0.494 e. The van der Waals surface area contributed by atoms with Crippen LogP contribution in [-0.2, 0) is 16.2 Å². The minimum atomic E-state index is -1.18. The first-order valence-corrected chi connectivity index (χ1v) is 11.1. The maximum absolute atomic E-state index is 12.7. The second-order valence-corrected chi connectivity index (χ2v) is 7.74. The van der Waals surface area contributed by atoms with Crippen molar-refractivity contribution < 1.29 is 38.2 Å². The van der Waals surface area contributed by atoms with Crippen LogP contribution in [0.5, 0.6) is 11.5 Å². The second kappa shape index (κ2) is 10.7. The molecular formula is C25H23N3O8. The van der Waals surface area contributed by atoms with Gasteiger partial charge >= 0.3 is 11.9 Å². The Morgan fingerprint density at radius 2 is 1.78 bits per heavy atom. The predicted octanol–water partition coefficient (Wildman–Crippen LogP) is 2.52. The van der Waals surface area contributed by atoms with E-state index in [0.717, 1.165) is 10.6 Å². The van der Waals surface area contributed by atoms with Gasteiger partial charge in [0.25, 0.3) is 5.91 Å². The molecule has 11 heteroatoms. The van der Waals surface area contributed by atoms with Crippen molar-refractivity contribution in [1.29, 1.82) is 0 Å². The second-order valence-electron chi connectivity index (χ2n) is 7.74. The number of carboxylic acids is 1. The van der Waals surface area contributed by atoms with Crippen LogP contribution in [0.1, 0.15) is 40.0 Å². The highest BCUT2D eigenvalue weighted by Crippen LogP contribution is 2.24. The van der Waals surface area contributed by atoms with Gasteiger partial charge in [0.2, 0.25) is 5.91 Å². The smallest absolute Gasteiger partial charge is 0.335 e. The molecule has 1 saturated heterocycles. The van der Waals surface area contributed by atoms with Gasteiger partial charge in [-0.25, -0.2) is 15.1 Å². The summed E-state index contributed by atoms with van der Waals surface area (Å²) < 4.78 is 16.5. The number of carbonyl (C=O) groups excluding carboxylic acids is 3. The van der Waals surface area contributed by atoms with Crippen molar-refractivity contribution in [2.75, 3.05) is 11.5 Å². The maximum Gasteiger partial charge on any atom is 0.335 e. The molecule has 4 rings (SSSR count). The Hall–Kier alpha value is -4.64. The van der Waals surface area contributed by atoms with Crippen molar-refractivity contribution in [3.63, 3.8) is 0 Å². The van der Waals surface area contributed by atoms with Crippen LogP contribution in [0.2, 0.25) is 0 Å². The molecule has 0 saturated carbocycles. The monoisotopic (exact) mass is 493 g/mol. The number of nitrogens with one attached hydrogen (secondary N) is 2. The van der Waals surface area contributed by atoms with Gasteiger partial charge in [0, 0.05) is 0 Å². The van der Waals surface area contributed by atoms with E-state index in [1.54, 1.807) is 30.3 Å². The molecule has 3 aromatic rings. The zero-order valence-electron chi connectivity index (χ0n) is 19.2. The van der Waals surface area contributed by atoms with Crippen LogP contribution >= 0.6 is 0 Å². The maximum atomic E-state index is 12.7. The third kappa shape index (κ3) is 5.53. The molecule has 1 aromatic heterocycles. The highest BCUT2D eigenvalue weighted by molar-refractivity contribution is 6.22. The minimum absolute atomic E-state index is 0.0180. The van der Waals surface area contributed by atoms with E-state index in [1.165, 1.54) is 30.3 Å². The number of hydrogen-bond acceptors (Lipinski definition) is 8. The molecule has 0 radical (unpaired) electrons. The van der Waals surface area contributed by atoms with Gasteiger partial charge < -0.3 is 19.0 Å². The summed E-state index contributed by atoms with van der Waals surface area (Å²) in [7, 11) is 0. The first kappa shape index (κ1) is 24.5. The Bertz CT molecular complexity index is 1280. The lowest BCUT2D eigenvalue weighted by molar-refractivity contribution is -0.121. The topological polar surface area (TPSA) is 147 Å². The number of amides is 3. The van der Waals surface area contributed by atoms with E-state index < -0.39 is 29.7 Å². The zero-order chi connectivity index (χ0) is 25.7. The van der Waals surface area contributed by atoms with Crippen LogP contribution in [0.25, 0.3) is 0 Å². The van der Waals surface area contributed by atoms with Crippen LogP contribution in [0.15, 0.2) is 65.1 Å². The van der Waals surface area contributed by atoms with E-state index in [4.69, 9.17) is 19.0 Å². The van der Waals surface area contributed by atoms with Gasteiger partial charge in [-0.1, -0.05) is 6.07 Å². The zero-order valence-corrected chi connectivity index (χ0v) is 19.2. The van der Waals surface area contributed by atoms with Gasteiger partial charge in [-0.2, -0.15) is 0 Å². The Kier molecular flexibility index (Phi) is 7.31. The third-order valence-corrected chi connectivity index (χ3v) is 5.26. The van der Waals surface area contributed by atoms with Crippen LogP contribution in [0, 0.1) is 0 Å². The molecule has 1 aliphatic heterocycles. The molecule has 3 amide bonds. The van der Waals surface area contributed by atoms with Crippen LogP contribution < -0.4 is 25.2 Å². The van der Waals surface area contributed by atoms with Gasteiger partial charge in [-0.15, -0.1) is 0 Å². The van der Waals surface area contributed by atoms with Crippen molar-refractivity contribution in [3.8, 4) is 11.5 Å². The van der Waals surface area contributed by atoms with E-state index in [-0.39, 0.29) is 30.0 Å². The van der Waals surface area contributed by atoms with Crippen LogP contribution in [0.4, 0.5) is 5.69 Å². The van der Waals surface area contributed by atoms with Crippen molar-refractivity contribution in [3.05, 3.63) is 77.7 Å². The van der Waals surface area contributed by atoms with E-state index in [0.29, 0.717) is 18.1 Å². The Morgan fingerprint density at radius 3 is 2.47 bits per heavy atom. The number of ether oxygens (including phenoxy) is 2. The van der Waals surface area contributed by atoms with E-state index >= 15 is 0 Å². The quantitative estimate of drug-likeness (QED) is 0.286. The molecule has 1 aliphatic rings. The predicted molar refractivity (Wildman–Crippen MR) is 126 cm³/mol. The fourth-order valence-electron chi connectivity index (χ4n) is 3.54. The molecule has 3 N–H and O–H groups in total. The standard InChI is InChI=1S/C25H23N3O8/c1-2-34-17-6-8-18(9-7-17)35-14-19-10-11-21(36-19)23(30)27-26-20-13-22(29)28(24(20)31)16-5-3-4-15(12-16)25(32)33/h3-12,20,26H,2,13-14H2,1H3,(H,27,30)(H,32,33). The van der Waals surface area contributed by atoms with E-state index in [1.807, 2.05) is 6.92 Å². The molecule has 1 atom stereocenters. The highest BCUT2D eigenvalue weighted by Gasteiger charge is 2.40. The van der Waals surface area contributed by atoms with Gasteiger partial charge in [-0.05, 0) is 61.5 Å². The molecule has 0 aliphatic carbocycles. The molecule has 0 bridgehead atoms. The van der Waals surface area contributed by atoms with Crippen molar-refractivity contribution in [1.82, 2.24) is 10.9 Å². The number of furan rings is 1. The summed E-state index contributed by atoms with van der Waals surface area (Å²) in [6.45, 7) is 2.55. The summed E-state index contributed by atoms with van der Waals surface area (Å²) >= 11 is 0. The van der Waals surface area contributed by atoms with E-state index in [9.17, 15) is 19.2 Å². The lowest BCUT2D eigenvalue weighted by Gasteiger charge is -2.16. The fraction of sp³-hybridized carbons (Fsp3) is 0.200. The molecule has 0 spiro atoms. The summed E-state index contributed by atoms with van der Waals surface area (Å²) in [6, 6.07) is 14.6. The molecule has 11 nitrogen and oxygen atoms in total. The van der Waals surface area contributed by atoms with Crippen molar-refractivity contribution >= 4 is 29.4 Å². The number of hydrogen-bond donors (Lipinski definition) is 3. The number of benzene rings is 2. The Balaban J connectivity index is 1.30. The van der Waals surface area contributed by atoms with Gasteiger partial charge in [0.1, 0.15) is 29.9 Å². The van der Waals surface area contributed by atoms with Gasteiger partial charge in [0.05, 0.1) is 24.3 Å². The third-order valence-electron chi connectivity index (χ3n) is 5.26. The van der Waals surface area contributed by atoms with E-state index in [2.05, 4.69) is 10.9 Å². The van der Waals surface area contributed by atoms with Crippen LogP contribution in [-0.4, -0.2) is 41.4 Å². The number of hydrazine groups is 1. The first-order valence-electron chi connectivity index (χ1n) is 11.1. The molecular weight excluding hydrogens is 470 g/mol. The summed E-state index contributed by atoms with van der Waals surface area (Å²) in [6.07, 6.45) is -0.213. The molecule has 186 valence electrons. The highest BCUT2D eigenvalue weighted by atomic mass is 16.5. The fourth-order valence-corrected chi connectivity index (χ4v) is 3.54. The average molecular weight is 493 g/mol.